The van der Waals surface area contributed by atoms with E-state index in [9.17, 15) is 9.59 Å². The number of nitrogens with one attached hydrogen (secondary N) is 1. The van der Waals surface area contributed by atoms with Crippen LogP contribution in [-0.4, -0.2) is 23.6 Å². The van der Waals surface area contributed by atoms with Crippen molar-refractivity contribution in [1.82, 2.24) is 0 Å². The minimum Gasteiger partial charge on any atom is -0.491 e. The summed E-state index contributed by atoms with van der Waals surface area (Å²) in [4.78, 5) is 22.9. The van der Waals surface area contributed by atoms with Crippen LogP contribution >= 0.6 is 0 Å². The number of hydrogen-bond donors (Lipinski definition) is 2. The predicted octanol–water partition coefficient (Wildman–Crippen LogP) is 5.56. The highest BCUT2D eigenvalue weighted by Gasteiger charge is 2.06. The van der Waals surface area contributed by atoms with E-state index < -0.39 is 5.97 Å². The molecule has 1 atom stereocenters. The second-order valence-corrected chi connectivity index (χ2v) is 7.50. The highest BCUT2D eigenvalue weighted by molar-refractivity contribution is 6.02. The van der Waals surface area contributed by atoms with Crippen molar-refractivity contribution < 1.29 is 19.4 Å². The Balaban J connectivity index is 1.89. The molecule has 0 radical (unpaired) electrons. The summed E-state index contributed by atoms with van der Waals surface area (Å²) in [6.45, 7) is 4.76. The van der Waals surface area contributed by atoms with Crippen molar-refractivity contribution >= 4 is 23.6 Å². The summed E-state index contributed by atoms with van der Waals surface area (Å²) >= 11 is 0. The Morgan fingerprint density at radius 1 is 1.13 bits per heavy atom. The van der Waals surface area contributed by atoms with Gasteiger partial charge in [0.2, 0.25) is 5.91 Å². The van der Waals surface area contributed by atoms with Crippen molar-refractivity contribution in [2.45, 2.75) is 46.0 Å². The monoisotopic (exact) mass is 409 g/mol. The molecular weight excluding hydrogens is 378 g/mol. The van der Waals surface area contributed by atoms with Crippen molar-refractivity contribution in [3.8, 4) is 5.75 Å². The van der Waals surface area contributed by atoms with E-state index in [2.05, 4.69) is 31.3 Å². The van der Waals surface area contributed by atoms with Crippen molar-refractivity contribution in [2.24, 2.45) is 5.92 Å². The number of carboxylic acid groups (broad SMARTS) is 1. The topological polar surface area (TPSA) is 75.6 Å². The molecule has 0 fully saturated rings. The molecule has 0 saturated carbocycles. The molecule has 1 unspecified atom stereocenters. The zero-order valence-corrected chi connectivity index (χ0v) is 17.8. The van der Waals surface area contributed by atoms with Gasteiger partial charge in [-0.2, -0.15) is 0 Å². The molecule has 0 saturated heterocycles. The third-order valence-corrected chi connectivity index (χ3v) is 4.71. The zero-order chi connectivity index (χ0) is 21.8. The minimum atomic E-state index is -0.853. The first kappa shape index (κ1) is 23.2. The summed E-state index contributed by atoms with van der Waals surface area (Å²) < 4.78 is 5.61. The van der Waals surface area contributed by atoms with Crippen LogP contribution in [0.25, 0.3) is 6.08 Å². The second-order valence-electron chi connectivity index (χ2n) is 7.50. The maximum atomic E-state index is 12.3. The average Bonchev–Trinajstić information content (AvgIpc) is 2.72. The van der Waals surface area contributed by atoms with Crippen LogP contribution in [0, 0.1) is 5.92 Å². The van der Waals surface area contributed by atoms with Crippen molar-refractivity contribution in [3.63, 3.8) is 0 Å². The second kappa shape index (κ2) is 12.5. The number of amides is 1. The summed E-state index contributed by atoms with van der Waals surface area (Å²) in [6, 6.07) is 15.4. The van der Waals surface area contributed by atoms with Crippen molar-refractivity contribution in [3.05, 3.63) is 65.7 Å². The smallest absolute Gasteiger partial charge is 0.303 e. The minimum absolute atomic E-state index is 0.0492. The van der Waals surface area contributed by atoms with Gasteiger partial charge in [-0.3, -0.25) is 9.59 Å². The van der Waals surface area contributed by atoms with E-state index >= 15 is 0 Å². The summed E-state index contributed by atoms with van der Waals surface area (Å²) in [5.74, 6) is 0.0924. The molecule has 30 heavy (non-hydrogen) atoms. The van der Waals surface area contributed by atoms with Crippen LogP contribution in [0.15, 0.2) is 54.6 Å². The van der Waals surface area contributed by atoms with E-state index in [1.807, 2.05) is 18.2 Å². The van der Waals surface area contributed by atoms with E-state index in [0.29, 0.717) is 23.8 Å². The van der Waals surface area contributed by atoms with E-state index in [-0.39, 0.29) is 18.9 Å². The molecule has 2 N–H and O–H groups in total. The Morgan fingerprint density at radius 3 is 2.57 bits per heavy atom. The SMILES string of the molecule is CCCC(C)Cc1ccc(C=CC(=O)Nc2ccccc2OCCCC(=O)O)cc1. The van der Waals surface area contributed by atoms with Crippen LogP contribution in [0.2, 0.25) is 0 Å². The lowest BCUT2D eigenvalue weighted by atomic mass is 9.96. The third kappa shape index (κ3) is 8.52. The van der Waals surface area contributed by atoms with Crippen LogP contribution in [0.5, 0.6) is 5.75 Å². The third-order valence-electron chi connectivity index (χ3n) is 4.71. The van der Waals surface area contributed by atoms with Gasteiger partial charge in [0.1, 0.15) is 5.75 Å². The molecule has 2 rings (SSSR count). The van der Waals surface area contributed by atoms with Gasteiger partial charge in [0.25, 0.3) is 0 Å². The number of ether oxygens (including phenoxy) is 1. The fourth-order valence-corrected chi connectivity index (χ4v) is 3.21. The lowest BCUT2D eigenvalue weighted by molar-refractivity contribution is -0.137. The highest BCUT2D eigenvalue weighted by atomic mass is 16.5. The quantitative estimate of drug-likeness (QED) is 0.355. The van der Waals surface area contributed by atoms with E-state index in [1.54, 1.807) is 24.3 Å². The number of carbonyl (C=O) groups excluding carboxylic acids is 1. The van der Waals surface area contributed by atoms with Crippen molar-refractivity contribution in [1.29, 1.82) is 0 Å². The molecule has 0 aromatic heterocycles. The summed E-state index contributed by atoms with van der Waals surface area (Å²) in [5.41, 5.74) is 2.84. The molecule has 1 amide bonds. The Bertz CT molecular complexity index is 842. The highest BCUT2D eigenvalue weighted by Crippen LogP contribution is 2.24. The fourth-order valence-electron chi connectivity index (χ4n) is 3.21. The molecule has 5 nitrogen and oxygen atoms in total. The van der Waals surface area contributed by atoms with Crippen LogP contribution in [-0.2, 0) is 16.0 Å². The molecule has 5 heteroatoms. The van der Waals surface area contributed by atoms with Crippen LogP contribution in [0.1, 0.15) is 50.7 Å². The Morgan fingerprint density at radius 2 is 1.87 bits per heavy atom. The van der Waals surface area contributed by atoms with Gasteiger partial charge in [0.05, 0.1) is 12.3 Å². The molecule has 0 spiro atoms. The number of benzene rings is 2. The summed E-state index contributed by atoms with van der Waals surface area (Å²) in [7, 11) is 0. The van der Waals surface area contributed by atoms with Gasteiger partial charge in [-0.1, -0.05) is 63.1 Å². The maximum absolute atomic E-state index is 12.3. The molecule has 0 aliphatic carbocycles. The fraction of sp³-hybridized carbons (Fsp3) is 0.360. The number of para-hydroxylation sites is 2. The average molecular weight is 410 g/mol. The van der Waals surface area contributed by atoms with Gasteiger partial charge in [-0.05, 0) is 48.1 Å². The van der Waals surface area contributed by atoms with Crippen LogP contribution in [0.4, 0.5) is 5.69 Å². The largest absolute Gasteiger partial charge is 0.491 e. The molecule has 0 aliphatic rings. The number of aliphatic carboxylic acids is 1. The number of carbonyl (C=O) groups is 2. The van der Waals surface area contributed by atoms with Gasteiger partial charge < -0.3 is 15.2 Å². The number of hydrogen-bond acceptors (Lipinski definition) is 3. The van der Waals surface area contributed by atoms with Gasteiger partial charge in [-0.15, -0.1) is 0 Å². The first-order valence-corrected chi connectivity index (χ1v) is 10.5. The molecule has 160 valence electrons. The summed E-state index contributed by atoms with van der Waals surface area (Å²) in [6.07, 6.45) is 7.24. The Hall–Kier alpha value is -3.08. The maximum Gasteiger partial charge on any atom is 0.303 e. The predicted molar refractivity (Wildman–Crippen MR) is 121 cm³/mol. The molecule has 0 bridgehead atoms. The molecule has 2 aromatic rings. The number of anilines is 1. The lowest BCUT2D eigenvalue weighted by Crippen LogP contribution is -2.10. The normalized spacial score (nSPS) is 11.9. The number of carboxylic acids is 1. The first-order valence-electron chi connectivity index (χ1n) is 10.5. The number of rotatable bonds is 12. The van der Waals surface area contributed by atoms with Gasteiger partial charge >= 0.3 is 5.97 Å². The van der Waals surface area contributed by atoms with Crippen LogP contribution in [0.3, 0.4) is 0 Å². The van der Waals surface area contributed by atoms with E-state index in [4.69, 9.17) is 9.84 Å². The van der Waals surface area contributed by atoms with E-state index in [0.717, 1.165) is 12.0 Å². The van der Waals surface area contributed by atoms with Gasteiger partial charge in [0.15, 0.2) is 0 Å². The molecule has 2 aromatic carbocycles. The zero-order valence-electron chi connectivity index (χ0n) is 17.8. The standard InChI is InChI=1S/C25H31NO4/c1-3-7-19(2)18-21-13-11-20(12-14-21)15-16-24(27)26-22-8-4-5-9-23(22)30-17-6-10-25(28)29/h4-5,8-9,11-16,19H,3,6-7,10,17-18H2,1-2H3,(H,26,27)(H,28,29). The molecule has 0 heterocycles. The van der Waals surface area contributed by atoms with Crippen molar-refractivity contribution in [2.75, 3.05) is 11.9 Å². The van der Waals surface area contributed by atoms with E-state index in [1.165, 1.54) is 24.5 Å². The Labute approximate surface area is 178 Å². The first-order chi connectivity index (χ1) is 14.5. The van der Waals surface area contributed by atoms with Gasteiger partial charge in [0, 0.05) is 12.5 Å². The molecular formula is C25H31NO4. The summed E-state index contributed by atoms with van der Waals surface area (Å²) in [5, 5.41) is 11.5. The lowest BCUT2D eigenvalue weighted by Gasteiger charge is -2.11. The van der Waals surface area contributed by atoms with Gasteiger partial charge in [-0.25, -0.2) is 0 Å². The van der Waals surface area contributed by atoms with Crippen LogP contribution < -0.4 is 10.1 Å². The Kier molecular flexibility index (Phi) is 9.65. The molecule has 0 aliphatic heterocycles.